The molecule has 0 aliphatic carbocycles. The minimum atomic E-state index is -0.322. The predicted molar refractivity (Wildman–Crippen MR) is 92.8 cm³/mol. The molecule has 1 heterocycles. The fourth-order valence-corrected chi connectivity index (χ4v) is 2.05. The van der Waals surface area contributed by atoms with Crippen LogP contribution in [0, 0.1) is 13.8 Å². The first-order chi connectivity index (χ1) is 11.5. The predicted octanol–water partition coefficient (Wildman–Crippen LogP) is 3.16. The van der Waals surface area contributed by atoms with Gasteiger partial charge in [-0.25, -0.2) is 5.43 Å². The van der Waals surface area contributed by atoms with Gasteiger partial charge >= 0.3 is 0 Å². The third-order valence-corrected chi connectivity index (χ3v) is 3.47. The Bertz CT molecular complexity index is 749. The SMILES string of the molecule is CC(=NNC(=O)CCC(=O)Nc1cc(C)ccc1C)c1ccco1. The summed E-state index contributed by atoms with van der Waals surface area (Å²) in [5.41, 5.74) is 5.80. The summed E-state index contributed by atoms with van der Waals surface area (Å²) >= 11 is 0. The molecule has 0 spiro atoms. The molecule has 2 N–H and O–H groups in total. The van der Waals surface area contributed by atoms with Crippen LogP contribution in [0.1, 0.15) is 36.7 Å². The van der Waals surface area contributed by atoms with Gasteiger partial charge in [-0.1, -0.05) is 12.1 Å². The van der Waals surface area contributed by atoms with Crippen molar-refractivity contribution in [3.05, 3.63) is 53.5 Å². The van der Waals surface area contributed by atoms with Gasteiger partial charge in [-0.3, -0.25) is 9.59 Å². The van der Waals surface area contributed by atoms with E-state index in [0.29, 0.717) is 11.5 Å². The van der Waals surface area contributed by atoms with Crippen LogP contribution < -0.4 is 10.7 Å². The number of furan rings is 1. The Morgan fingerprint density at radius 3 is 2.58 bits per heavy atom. The number of hydrogen-bond donors (Lipinski definition) is 2. The molecule has 0 unspecified atom stereocenters. The van der Waals surface area contributed by atoms with Gasteiger partial charge < -0.3 is 9.73 Å². The maximum Gasteiger partial charge on any atom is 0.240 e. The quantitative estimate of drug-likeness (QED) is 0.631. The van der Waals surface area contributed by atoms with Crippen LogP contribution in [0.3, 0.4) is 0 Å². The molecule has 0 atom stereocenters. The second-order valence-corrected chi connectivity index (χ2v) is 5.58. The number of nitrogens with one attached hydrogen (secondary N) is 2. The van der Waals surface area contributed by atoms with Crippen LogP contribution in [0.15, 0.2) is 46.1 Å². The van der Waals surface area contributed by atoms with Crippen LogP contribution in [-0.2, 0) is 9.59 Å². The van der Waals surface area contributed by atoms with E-state index in [1.165, 1.54) is 6.26 Å². The van der Waals surface area contributed by atoms with E-state index in [0.717, 1.165) is 16.8 Å². The zero-order valence-electron chi connectivity index (χ0n) is 14.1. The summed E-state index contributed by atoms with van der Waals surface area (Å²) in [5, 5.41) is 6.77. The maximum atomic E-state index is 12.0. The first-order valence-corrected chi connectivity index (χ1v) is 7.70. The molecule has 1 aromatic carbocycles. The number of rotatable bonds is 6. The first kappa shape index (κ1) is 17.5. The topological polar surface area (TPSA) is 83.7 Å². The van der Waals surface area contributed by atoms with E-state index in [1.54, 1.807) is 19.1 Å². The van der Waals surface area contributed by atoms with Crippen molar-refractivity contribution in [1.82, 2.24) is 5.43 Å². The molecule has 0 aliphatic rings. The molecule has 0 saturated heterocycles. The molecule has 2 aromatic rings. The van der Waals surface area contributed by atoms with Gasteiger partial charge in [0.15, 0.2) is 0 Å². The molecule has 2 amide bonds. The highest BCUT2D eigenvalue weighted by atomic mass is 16.3. The highest BCUT2D eigenvalue weighted by Crippen LogP contribution is 2.16. The van der Waals surface area contributed by atoms with Gasteiger partial charge in [-0.05, 0) is 50.1 Å². The third-order valence-electron chi connectivity index (χ3n) is 3.47. The van der Waals surface area contributed by atoms with Crippen LogP contribution in [0.5, 0.6) is 0 Å². The number of hydrogen-bond acceptors (Lipinski definition) is 4. The molecule has 6 heteroatoms. The first-order valence-electron chi connectivity index (χ1n) is 7.70. The summed E-state index contributed by atoms with van der Waals surface area (Å²) in [5.74, 6) is 0.0607. The van der Waals surface area contributed by atoms with E-state index in [9.17, 15) is 9.59 Å². The average Bonchev–Trinajstić information content (AvgIpc) is 3.08. The van der Waals surface area contributed by atoms with E-state index >= 15 is 0 Å². The second-order valence-electron chi connectivity index (χ2n) is 5.58. The summed E-state index contributed by atoms with van der Waals surface area (Å²) in [4.78, 5) is 23.7. The maximum absolute atomic E-state index is 12.0. The molecule has 2 rings (SSSR count). The Labute approximate surface area is 140 Å². The molecule has 24 heavy (non-hydrogen) atoms. The lowest BCUT2D eigenvalue weighted by molar-refractivity contribution is -0.124. The zero-order valence-corrected chi connectivity index (χ0v) is 14.1. The van der Waals surface area contributed by atoms with E-state index in [2.05, 4.69) is 15.8 Å². The minimum absolute atomic E-state index is 0.0611. The number of carbonyl (C=O) groups is 2. The Balaban J connectivity index is 1.80. The summed E-state index contributed by atoms with van der Waals surface area (Å²) in [6, 6.07) is 9.34. The number of amides is 2. The van der Waals surface area contributed by atoms with Gasteiger partial charge in [0.2, 0.25) is 11.8 Å². The number of nitrogens with zero attached hydrogens (tertiary/aromatic N) is 1. The highest BCUT2D eigenvalue weighted by molar-refractivity contribution is 5.97. The van der Waals surface area contributed by atoms with Crippen LogP contribution in [0.2, 0.25) is 0 Å². The van der Waals surface area contributed by atoms with Crippen LogP contribution in [-0.4, -0.2) is 17.5 Å². The Morgan fingerprint density at radius 2 is 1.88 bits per heavy atom. The summed E-state index contributed by atoms with van der Waals surface area (Å²) in [6.45, 7) is 5.61. The van der Waals surface area contributed by atoms with Gasteiger partial charge in [-0.15, -0.1) is 0 Å². The summed E-state index contributed by atoms with van der Waals surface area (Å²) in [6.07, 6.45) is 1.69. The van der Waals surface area contributed by atoms with Gasteiger partial charge in [0.1, 0.15) is 11.5 Å². The fraction of sp³-hybridized carbons (Fsp3) is 0.278. The van der Waals surface area contributed by atoms with Crippen molar-refractivity contribution >= 4 is 23.2 Å². The highest BCUT2D eigenvalue weighted by Gasteiger charge is 2.09. The number of carbonyl (C=O) groups excluding carboxylic acids is 2. The summed E-state index contributed by atoms with van der Waals surface area (Å²) < 4.78 is 5.17. The van der Waals surface area contributed by atoms with Crippen molar-refractivity contribution in [2.75, 3.05) is 5.32 Å². The van der Waals surface area contributed by atoms with Crippen LogP contribution in [0.25, 0.3) is 0 Å². The molecule has 0 aliphatic heterocycles. The van der Waals surface area contributed by atoms with E-state index in [-0.39, 0.29) is 24.7 Å². The van der Waals surface area contributed by atoms with Crippen LogP contribution in [0.4, 0.5) is 5.69 Å². The zero-order chi connectivity index (χ0) is 17.5. The van der Waals surface area contributed by atoms with Crippen molar-refractivity contribution in [3.8, 4) is 0 Å². The number of benzene rings is 1. The number of anilines is 1. The van der Waals surface area contributed by atoms with Crippen molar-refractivity contribution in [2.24, 2.45) is 5.10 Å². The molecular weight excluding hydrogens is 306 g/mol. The lowest BCUT2D eigenvalue weighted by Gasteiger charge is -2.09. The molecule has 0 saturated carbocycles. The molecule has 1 aromatic heterocycles. The lowest BCUT2D eigenvalue weighted by atomic mass is 10.1. The molecule has 0 radical (unpaired) electrons. The fourth-order valence-electron chi connectivity index (χ4n) is 2.05. The second kappa shape index (κ2) is 8.10. The smallest absolute Gasteiger partial charge is 0.240 e. The van der Waals surface area contributed by atoms with Gasteiger partial charge in [0, 0.05) is 18.5 Å². The van der Waals surface area contributed by atoms with Crippen molar-refractivity contribution in [3.63, 3.8) is 0 Å². The summed E-state index contributed by atoms with van der Waals surface area (Å²) in [7, 11) is 0. The van der Waals surface area contributed by atoms with E-state index < -0.39 is 0 Å². The van der Waals surface area contributed by atoms with Gasteiger partial charge in [0.25, 0.3) is 0 Å². The van der Waals surface area contributed by atoms with Crippen molar-refractivity contribution < 1.29 is 14.0 Å². The van der Waals surface area contributed by atoms with Crippen LogP contribution >= 0.6 is 0 Å². The minimum Gasteiger partial charge on any atom is -0.463 e. The lowest BCUT2D eigenvalue weighted by Crippen LogP contribution is -2.21. The number of aryl methyl sites for hydroxylation is 2. The molecule has 126 valence electrons. The largest absolute Gasteiger partial charge is 0.463 e. The normalized spacial score (nSPS) is 11.2. The average molecular weight is 327 g/mol. The van der Waals surface area contributed by atoms with E-state index in [4.69, 9.17) is 4.42 Å². The van der Waals surface area contributed by atoms with E-state index in [1.807, 2.05) is 32.0 Å². The van der Waals surface area contributed by atoms with Gasteiger partial charge in [0.05, 0.1) is 6.26 Å². The molecule has 6 nitrogen and oxygen atoms in total. The Hall–Kier alpha value is -2.89. The Kier molecular flexibility index (Phi) is 5.89. The molecule has 0 fully saturated rings. The monoisotopic (exact) mass is 327 g/mol. The molecular formula is C18H21N3O3. The number of hydrazone groups is 1. The van der Waals surface area contributed by atoms with Crippen molar-refractivity contribution in [2.45, 2.75) is 33.6 Å². The van der Waals surface area contributed by atoms with Gasteiger partial charge in [-0.2, -0.15) is 5.10 Å². The molecule has 0 bridgehead atoms. The third kappa shape index (κ3) is 5.08. The van der Waals surface area contributed by atoms with Crippen molar-refractivity contribution in [1.29, 1.82) is 0 Å². The standard InChI is InChI=1S/C18H21N3O3/c1-12-6-7-13(2)15(11-12)19-17(22)8-9-18(23)21-20-14(3)16-5-4-10-24-16/h4-7,10-11H,8-9H2,1-3H3,(H,19,22)(H,21,23). The Morgan fingerprint density at radius 1 is 1.12 bits per heavy atom.